The molecule has 1 fully saturated rings. The lowest BCUT2D eigenvalue weighted by Crippen LogP contribution is -2.20. The van der Waals surface area contributed by atoms with Crippen LogP contribution in [-0.4, -0.2) is 21.8 Å². The molecule has 2 rings (SSSR count). The summed E-state index contributed by atoms with van der Waals surface area (Å²) < 4.78 is 0. The molecule has 168 valence electrons. The predicted molar refractivity (Wildman–Crippen MR) is 124 cm³/mol. The van der Waals surface area contributed by atoms with Crippen LogP contribution in [0.25, 0.3) is 0 Å². The van der Waals surface area contributed by atoms with E-state index in [2.05, 4.69) is 16.3 Å². The number of aromatic nitrogens is 2. The van der Waals surface area contributed by atoms with Crippen molar-refractivity contribution < 1.29 is 9.59 Å². The molecule has 0 saturated heterocycles. The Labute approximate surface area is 182 Å². The first-order valence-electron chi connectivity index (χ1n) is 10.8. The number of hydrogen-bond acceptors (Lipinski definition) is 6. The van der Waals surface area contributed by atoms with Crippen LogP contribution in [0.1, 0.15) is 90.4 Å². The van der Waals surface area contributed by atoms with E-state index in [9.17, 15) is 9.59 Å². The molecule has 1 aromatic rings. The first-order valence-corrected chi connectivity index (χ1v) is 10.8. The van der Waals surface area contributed by atoms with Gasteiger partial charge in [-0.05, 0) is 77.2 Å². The molecule has 2 atom stereocenters. The van der Waals surface area contributed by atoms with Crippen molar-refractivity contribution in [2.75, 3.05) is 0 Å². The standard InChI is InChI=1S/C16H24N4.2C4H8O/c1-11(17)6-8-15(18)13-4-3-5-14(10-13)16-9-7-12(2)19-20-16;2*1-3-4(2)5/h6-9,13-14H,3-5,10,17-18H2,1-2H3;2*3H2,1-2H3/b11-6-,15-8-;;. The first-order chi connectivity index (χ1) is 14.1. The highest BCUT2D eigenvalue weighted by molar-refractivity contribution is 5.75. The van der Waals surface area contributed by atoms with Crippen LogP contribution < -0.4 is 11.5 Å². The molecule has 0 radical (unpaired) electrons. The van der Waals surface area contributed by atoms with Crippen LogP contribution in [-0.2, 0) is 9.59 Å². The monoisotopic (exact) mass is 416 g/mol. The fourth-order valence-electron chi connectivity index (χ4n) is 2.75. The van der Waals surface area contributed by atoms with Crippen LogP contribution in [0.5, 0.6) is 0 Å². The Balaban J connectivity index is 0.000000702. The van der Waals surface area contributed by atoms with Crippen LogP contribution in [0.3, 0.4) is 0 Å². The summed E-state index contributed by atoms with van der Waals surface area (Å²) >= 11 is 0. The van der Waals surface area contributed by atoms with E-state index in [1.54, 1.807) is 13.8 Å². The number of carbonyl (C=O) groups is 2. The molecule has 1 saturated carbocycles. The molecule has 0 aromatic carbocycles. The molecule has 6 nitrogen and oxygen atoms in total. The highest BCUT2D eigenvalue weighted by Crippen LogP contribution is 2.37. The van der Waals surface area contributed by atoms with Gasteiger partial charge in [-0.2, -0.15) is 10.2 Å². The molecule has 1 aliphatic rings. The van der Waals surface area contributed by atoms with Crippen molar-refractivity contribution in [3.05, 3.63) is 47.1 Å². The molecule has 4 N–H and O–H groups in total. The van der Waals surface area contributed by atoms with Crippen molar-refractivity contribution in [3.8, 4) is 0 Å². The molecule has 6 heteroatoms. The van der Waals surface area contributed by atoms with Gasteiger partial charge < -0.3 is 21.1 Å². The maximum absolute atomic E-state index is 9.81. The molecule has 0 spiro atoms. The van der Waals surface area contributed by atoms with Gasteiger partial charge in [0, 0.05) is 30.2 Å². The second-order valence-corrected chi connectivity index (χ2v) is 7.85. The lowest BCUT2D eigenvalue weighted by molar-refractivity contribution is -0.117. The molecule has 1 aromatic heterocycles. The number of allylic oxidation sites excluding steroid dienone is 4. The molecular formula is C24H40N4O2. The number of aryl methyl sites for hydroxylation is 1. The minimum atomic E-state index is 0.255. The van der Waals surface area contributed by atoms with E-state index in [0.717, 1.165) is 35.6 Å². The molecule has 30 heavy (non-hydrogen) atoms. The third kappa shape index (κ3) is 12.9. The van der Waals surface area contributed by atoms with E-state index in [4.69, 9.17) is 11.5 Å². The zero-order valence-electron chi connectivity index (χ0n) is 19.6. The molecule has 0 aliphatic heterocycles. The van der Waals surface area contributed by atoms with Gasteiger partial charge in [0.25, 0.3) is 0 Å². The number of Topliss-reactive ketones (excluding diaryl/α,β-unsaturated/α-hetero) is 2. The van der Waals surface area contributed by atoms with Gasteiger partial charge in [-0.15, -0.1) is 0 Å². The Bertz CT molecular complexity index is 690. The minimum absolute atomic E-state index is 0.255. The largest absolute Gasteiger partial charge is 0.402 e. The Morgan fingerprint density at radius 2 is 1.57 bits per heavy atom. The smallest absolute Gasteiger partial charge is 0.129 e. The maximum Gasteiger partial charge on any atom is 0.129 e. The maximum atomic E-state index is 9.81. The first kappa shape index (κ1) is 27.5. The van der Waals surface area contributed by atoms with Gasteiger partial charge in [-0.25, -0.2) is 0 Å². The van der Waals surface area contributed by atoms with Crippen molar-refractivity contribution in [2.45, 2.75) is 86.0 Å². The van der Waals surface area contributed by atoms with Crippen LogP contribution in [0.2, 0.25) is 0 Å². The number of ketones is 2. The third-order valence-corrected chi connectivity index (χ3v) is 4.92. The molecule has 1 heterocycles. The number of nitrogens with zero attached hydrogens (tertiary/aromatic N) is 2. The van der Waals surface area contributed by atoms with Crippen molar-refractivity contribution in [1.82, 2.24) is 10.2 Å². The van der Waals surface area contributed by atoms with E-state index in [1.807, 2.05) is 45.9 Å². The zero-order chi connectivity index (χ0) is 23.1. The predicted octanol–water partition coefficient (Wildman–Crippen LogP) is 4.73. The summed E-state index contributed by atoms with van der Waals surface area (Å²) in [5.74, 6) is 1.40. The fraction of sp³-hybridized carbons (Fsp3) is 0.583. The van der Waals surface area contributed by atoms with Gasteiger partial charge in [0.15, 0.2) is 0 Å². The third-order valence-electron chi connectivity index (χ3n) is 4.92. The van der Waals surface area contributed by atoms with Crippen LogP contribution >= 0.6 is 0 Å². The van der Waals surface area contributed by atoms with Crippen molar-refractivity contribution >= 4 is 11.6 Å². The topological polar surface area (TPSA) is 112 Å². The van der Waals surface area contributed by atoms with Gasteiger partial charge in [0.1, 0.15) is 11.6 Å². The Morgan fingerprint density at radius 1 is 1.00 bits per heavy atom. The molecule has 2 unspecified atom stereocenters. The summed E-state index contributed by atoms with van der Waals surface area (Å²) in [5, 5.41) is 8.49. The summed E-state index contributed by atoms with van der Waals surface area (Å²) in [5.41, 5.74) is 15.6. The van der Waals surface area contributed by atoms with Crippen molar-refractivity contribution in [1.29, 1.82) is 0 Å². The van der Waals surface area contributed by atoms with Crippen LogP contribution in [0, 0.1) is 12.8 Å². The number of rotatable bonds is 5. The van der Waals surface area contributed by atoms with Gasteiger partial charge in [0.05, 0.1) is 11.4 Å². The summed E-state index contributed by atoms with van der Waals surface area (Å²) in [6.45, 7) is 10.7. The van der Waals surface area contributed by atoms with E-state index in [0.29, 0.717) is 24.7 Å². The van der Waals surface area contributed by atoms with Gasteiger partial charge in [-0.1, -0.05) is 20.3 Å². The average molecular weight is 417 g/mol. The SMILES string of the molecule is C/C(N)=C/C=C(\N)C1CCCC(c2ccc(C)nn2)C1.CCC(C)=O.CCC(C)=O. The molecule has 1 aliphatic carbocycles. The van der Waals surface area contributed by atoms with E-state index in [-0.39, 0.29) is 11.6 Å². The van der Waals surface area contributed by atoms with Gasteiger partial charge >= 0.3 is 0 Å². The van der Waals surface area contributed by atoms with Gasteiger partial charge in [-0.3, -0.25) is 0 Å². The van der Waals surface area contributed by atoms with E-state index in [1.165, 1.54) is 12.8 Å². The number of carbonyl (C=O) groups excluding carboxylic acids is 2. The second kappa shape index (κ2) is 15.4. The minimum Gasteiger partial charge on any atom is -0.402 e. The second-order valence-electron chi connectivity index (χ2n) is 7.85. The number of hydrogen-bond donors (Lipinski definition) is 2. The lowest BCUT2D eigenvalue weighted by atomic mass is 9.78. The van der Waals surface area contributed by atoms with E-state index >= 15 is 0 Å². The van der Waals surface area contributed by atoms with Crippen molar-refractivity contribution in [3.63, 3.8) is 0 Å². The Kier molecular flexibility index (Phi) is 14.1. The van der Waals surface area contributed by atoms with Crippen LogP contribution in [0.4, 0.5) is 0 Å². The van der Waals surface area contributed by atoms with E-state index < -0.39 is 0 Å². The Morgan fingerprint density at radius 3 is 2.00 bits per heavy atom. The van der Waals surface area contributed by atoms with Crippen molar-refractivity contribution in [2.24, 2.45) is 17.4 Å². The fourth-order valence-corrected chi connectivity index (χ4v) is 2.75. The summed E-state index contributed by atoms with van der Waals surface area (Å²) in [6, 6.07) is 4.13. The van der Waals surface area contributed by atoms with Gasteiger partial charge in [0.2, 0.25) is 0 Å². The summed E-state index contributed by atoms with van der Waals surface area (Å²) in [4.78, 5) is 19.6. The average Bonchev–Trinajstić information content (AvgIpc) is 2.73. The normalized spacial score (nSPS) is 19.0. The highest BCUT2D eigenvalue weighted by atomic mass is 16.1. The lowest BCUT2D eigenvalue weighted by Gasteiger charge is -2.28. The Hall–Kier alpha value is -2.50. The molecule has 0 amide bonds. The van der Waals surface area contributed by atoms with Crippen LogP contribution in [0.15, 0.2) is 35.7 Å². The zero-order valence-corrected chi connectivity index (χ0v) is 19.6. The summed E-state index contributed by atoms with van der Waals surface area (Å²) in [7, 11) is 0. The quantitative estimate of drug-likeness (QED) is 0.671. The molecular weight excluding hydrogens is 376 g/mol. The number of nitrogens with two attached hydrogens (primary N) is 2. The molecule has 0 bridgehead atoms. The summed E-state index contributed by atoms with van der Waals surface area (Å²) in [6.07, 6.45) is 9.72. The highest BCUT2D eigenvalue weighted by Gasteiger charge is 2.25.